The minimum atomic E-state index is -0.898. The maximum Gasteiger partial charge on any atom is 0.452 e. The van der Waals surface area contributed by atoms with Crippen LogP contribution in [0.5, 0.6) is 0 Å². The molecule has 0 radical (unpaired) electrons. The number of rotatable bonds is 3. The minimum Gasteiger partial charge on any atom is -0.447 e. The molecule has 6 heteroatoms. The molecule has 2 amide bonds. The highest BCUT2D eigenvalue weighted by Gasteiger charge is 2.00. The second-order valence-corrected chi connectivity index (χ2v) is 2.60. The Bertz CT molecular complexity index is 195. The predicted molar refractivity (Wildman–Crippen MR) is 59.5 cm³/mol. The molecule has 0 heterocycles. The summed E-state index contributed by atoms with van der Waals surface area (Å²) in [6.07, 6.45) is 0.844. The van der Waals surface area contributed by atoms with Gasteiger partial charge in [0.15, 0.2) is 0 Å². The predicted octanol–water partition coefficient (Wildman–Crippen LogP) is 3.56. The number of hydrogen-bond donors (Lipinski definition) is 0. The fraction of sp³-hybridized carbons (Fsp3) is 0.800. The van der Waals surface area contributed by atoms with E-state index in [-0.39, 0.29) is 13.2 Å². The first-order valence-electron chi connectivity index (χ1n) is 5.37. The summed E-state index contributed by atoms with van der Waals surface area (Å²) < 4.78 is 8.73. The fourth-order valence-corrected chi connectivity index (χ4v) is 0.386. The first-order valence-corrected chi connectivity index (χ1v) is 5.37. The fourth-order valence-electron chi connectivity index (χ4n) is 0.386. The average Bonchev–Trinajstić information content (AvgIpc) is 2.28. The SMILES string of the molecule is CCCC.CCOC(=O)/N=N/C(=O)OCC. The Morgan fingerprint density at radius 2 is 1.12 bits per heavy atom. The molecule has 0 spiro atoms. The second kappa shape index (κ2) is 13.5. The molecule has 0 saturated heterocycles. The van der Waals surface area contributed by atoms with E-state index < -0.39 is 12.2 Å². The first-order chi connectivity index (χ1) is 7.62. The molecule has 0 atom stereocenters. The van der Waals surface area contributed by atoms with Crippen LogP contribution in [-0.4, -0.2) is 25.4 Å². The van der Waals surface area contributed by atoms with Gasteiger partial charge in [0.25, 0.3) is 0 Å². The lowest BCUT2D eigenvalue weighted by atomic mass is 10.4. The summed E-state index contributed by atoms with van der Waals surface area (Å²) in [5, 5.41) is 5.84. The summed E-state index contributed by atoms with van der Waals surface area (Å²) in [5.41, 5.74) is 0. The van der Waals surface area contributed by atoms with Crippen molar-refractivity contribution in [3.63, 3.8) is 0 Å². The number of unbranched alkanes of at least 4 members (excludes halogenated alkanes) is 1. The van der Waals surface area contributed by atoms with Crippen LogP contribution in [0.15, 0.2) is 10.2 Å². The van der Waals surface area contributed by atoms with Crippen LogP contribution in [0, 0.1) is 0 Å². The van der Waals surface area contributed by atoms with Gasteiger partial charge in [-0.1, -0.05) is 36.9 Å². The summed E-state index contributed by atoms with van der Waals surface area (Å²) in [4.78, 5) is 20.9. The number of amides is 2. The summed E-state index contributed by atoms with van der Waals surface area (Å²) in [6.45, 7) is 8.00. The summed E-state index contributed by atoms with van der Waals surface area (Å²) in [7, 11) is 0. The topological polar surface area (TPSA) is 77.3 Å². The van der Waals surface area contributed by atoms with E-state index in [4.69, 9.17) is 0 Å². The molecular formula is C10H20N2O4. The van der Waals surface area contributed by atoms with E-state index in [0.29, 0.717) is 0 Å². The molecule has 6 nitrogen and oxygen atoms in total. The summed E-state index contributed by atoms with van der Waals surface area (Å²) in [5.74, 6) is 0. The Morgan fingerprint density at radius 3 is 1.31 bits per heavy atom. The van der Waals surface area contributed by atoms with Gasteiger partial charge in [0.2, 0.25) is 0 Å². The second-order valence-electron chi connectivity index (χ2n) is 2.60. The van der Waals surface area contributed by atoms with Gasteiger partial charge in [0.1, 0.15) is 0 Å². The lowest BCUT2D eigenvalue weighted by molar-refractivity contribution is 0.152. The van der Waals surface area contributed by atoms with Crippen LogP contribution in [0.4, 0.5) is 9.59 Å². The summed E-state index contributed by atoms with van der Waals surface area (Å²) in [6, 6.07) is 0. The van der Waals surface area contributed by atoms with Gasteiger partial charge in [-0.05, 0) is 13.8 Å². The van der Waals surface area contributed by atoms with Crippen LogP contribution in [0.3, 0.4) is 0 Å². The van der Waals surface area contributed by atoms with Gasteiger partial charge in [-0.15, -0.1) is 0 Å². The van der Waals surface area contributed by atoms with E-state index >= 15 is 0 Å². The molecule has 0 aliphatic carbocycles. The molecule has 0 N–H and O–H groups in total. The number of carbonyl (C=O) groups is 2. The van der Waals surface area contributed by atoms with Crippen LogP contribution in [0.1, 0.15) is 40.5 Å². The number of nitrogens with zero attached hydrogens (tertiary/aromatic N) is 2. The average molecular weight is 232 g/mol. The minimum absolute atomic E-state index is 0.195. The Hall–Kier alpha value is -1.46. The van der Waals surface area contributed by atoms with Gasteiger partial charge >= 0.3 is 12.2 Å². The van der Waals surface area contributed by atoms with Crippen molar-refractivity contribution in [1.82, 2.24) is 0 Å². The highest BCUT2D eigenvalue weighted by molar-refractivity contribution is 5.73. The zero-order valence-electron chi connectivity index (χ0n) is 10.4. The summed E-state index contributed by atoms with van der Waals surface area (Å²) >= 11 is 0. The Balaban J connectivity index is 0. The lowest BCUT2D eigenvalue weighted by Gasteiger charge is -1.93. The molecule has 0 saturated carbocycles. The van der Waals surface area contributed by atoms with E-state index in [2.05, 4.69) is 33.5 Å². The Morgan fingerprint density at radius 1 is 0.812 bits per heavy atom. The van der Waals surface area contributed by atoms with Crippen LogP contribution in [0.25, 0.3) is 0 Å². The molecular weight excluding hydrogens is 212 g/mol. The highest BCUT2D eigenvalue weighted by atomic mass is 16.6. The molecule has 0 aliphatic heterocycles. The lowest BCUT2D eigenvalue weighted by Crippen LogP contribution is -2.00. The van der Waals surface area contributed by atoms with Gasteiger partial charge in [0, 0.05) is 0 Å². The molecule has 0 aromatic carbocycles. The number of ether oxygens (including phenoxy) is 2. The third-order valence-corrected chi connectivity index (χ3v) is 1.25. The molecule has 0 rings (SSSR count). The molecule has 0 aliphatic rings. The van der Waals surface area contributed by atoms with Crippen molar-refractivity contribution in [3.05, 3.63) is 0 Å². The van der Waals surface area contributed by atoms with Crippen molar-refractivity contribution in [2.75, 3.05) is 13.2 Å². The molecule has 0 aromatic rings. The standard InChI is InChI=1S/C6H10N2O4.C4H10/c1-3-11-5(9)7-8-6(10)12-4-2;1-3-4-2/h3-4H2,1-2H3;3-4H2,1-2H3/b8-7+;. The van der Waals surface area contributed by atoms with E-state index in [1.165, 1.54) is 12.8 Å². The van der Waals surface area contributed by atoms with Crippen molar-refractivity contribution < 1.29 is 19.1 Å². The van der Waals surface area contributed by atoms with Crippen LogP contribution >= 0.6 is 0 Å². The van der Waals surface area contributed by atoms with E-state index in [0.717, 1.165) is 0 Å². The molecule has 0 unspecified atom stereocenters. The third kappa shape index (κ3) is 15.0. The zero-order chi connectivity index (χ0) is 12.8. The van der Waals surface area contributed by atoms with E-state index in [1.54, 1.807) is 13.8 Å². The molecule has 16 heavy (non-hydrogen) atoms. The number of carbonyl (C=O) groups excluding carboxylic acids is 2. The van der Waals surface area contributed by atoms with Gasteiger partial charge in [-0.3, -0.25) is 0 Å². The molecule has 0 fully saturated rings. The van der Waals surface area contributed by atoms with Crippen LogP contribution in [-0.2, 0) is 9.47 Å². The van der Waals surface area contributed by atoms with Crippen molar-refractivity contribution >= 4 is 12.2 Å². The maximum atomic E-state index is 10.5. The number of azo groups is 1. The molecule has 0 bridgehead atoms. The van der Waals surface area contributed by atoms with Crippen molar-refractivity contribution in [3.8, 4) is 0 Å². The Kier molecular flexibility index (Phi) is 14.3. The molecule has 94 valence electrons. The number of hydrogen-bond acceptors (Lipinski definition) is 4. The quantitative estimate of drug-likeness (QED) is 0.697. The smallest absolute Gasteiger partial charge is 0.447 e. The Labute approximate surface area is 96.0 Å². The monoisotopic (exact) mass is 232 g/mol. The maximum absolute atomic E-state index is 10.5. The van der Waals surface area contributed by atoms with Crippen LogP contribution in [0.2, 0.25) is 0 Å². The molecule has 0 aromatic heterocycles. The third-order valence-electron chi connectivity index (χ3n) is 1.25. The van der Waals surface area contributed by atoms with Gasteiger partial charge < -0.3 is 9.47 Å². The van der Waals surface area contributed by atoms with Gasteiger partial charge in [-0.25, -0.2) is 9.59 Å². The highest BCUT2D eigenvalue weighted by Crippen LogP contribution is 1.88. The van der Waals surface area contributed by atoms with Crippen molar-refractivity contribution in [2.24, 2.45) is 10.2 Å². The largest absolute Gasteiger partial charge is 0.452 e. The zero-order valence-corrected chi connectivity index (χ0v) is 10.4. The van der Waals surface area contributed by atoms with Gasteiger partial charge in [0.05, 0.1) is 13.2 Å². The van der Waals surface area contributed by atoms with Gasteiger partial charge in [-0.2, -0.15) is 0 Å². The van der Waals surface area contributed by atoms with Crippen molar-refractivity contribution in [2.45, 2.75) is 40.5 Å². The van der Waals surface area contributed by atoms with E-state index in [1.807, 2.05) is 0 Å². The first kappa shape index (κ1) is 17.0. The van der Waals surface area contributed by atoms with E-state index in [9.17, 15) is 9.59 Å². The van der Waals surface area contributed by atoms with Crippen molar-refractivity contribution in [1.29, 1.82) is 0 Å². The van der Waals surface area contributed by atoms with Crippen LogP contribution < -0.4 is 0 Å². The normalized spacial score (nSPS) is 9.25.